The molecule has 0 atom stereocenters. The van der Waals surface area contributed by atoms with Gasteiger partial charge in [0.2, 0.25) is 0 Å². The van der Waals surface area contributed by atoms with E-state index in [2.05, 4.69) is 15.5 Å². The van der Waals surface area contributed by atoms with Crippen LogP contribution >= 0.6 is 0 Å². The zero-order valence-electron chi connectivity index (χ0n) is 8.43. The summed E-state index contributed by atoms with van der Waals surface area (Å²) >= 11 is 0. The number of hydrogen-bond donors (Lipinski definition) is 2. The Bertz CT molecular complexity index is 502. The number of carboxylic acid groups (broad SMARTS) is 1. The van der Waals surface area contributed by atoms with Crippen LogP contribution < -0.4 is 5.32 Å². The lowest BCUT2D eigenvalue weighted by Gasteiger charge is -1.95. The Labute approximate surface area is 90.1 Å². The summed E-state index contributed by atoms with van der Waals surface area (Å²) < 4.78 is 9.83. The molecule has 2 aromatic heterocycles. The highest BCUT2D eigenvalue weighted by Gasteiger charge is 2.10. The maximum atomic E-state index is 10.5. The van der Waals surface area contributed by atoms with E-state index in [4.69, 9.17) is 14.0 Å². The van der Waals surface area contributed by atoms with Gasteiger partial charge in [0.25, 0.3) is 6.01 Å². The van der Waals surface area contributed by atoms with E-state index in [-0.39, 0.29) is 11.7 Å². The second kappa shape index (κ2) is 4.05. The Morgan fingerprint density at radius 1 is 1.62 bits per heavy atom. The largest absolute Gasteiger partial charge is 0.476 e. The number of hydrogen-bond acceptors (Lipinski definition) is 6. The van der Waals surface area contributed by atoms with Crippen LogP contribution in [0.15, 0.2) is 21.3 Å². The fourth-order valence-electron chi connectivity index (χ4n) is 1.12. The quantitative estimate of drug-likeness (QED) is 0.804. The molecule has 0 aliphatic heterocycles. The second-order valence-corrected chi connectivity index (χ2v) is 3.13. The number of rotatable bonds is 4. The van der Waals surface area contributed by atoms with Gasteiger partial charge in [0.15, 0.2) is 11.5 Å². The lowest BCUT2D eigenvalue weighted by molar-refractivity contribution is 0.0690. The summed E-state index contributed by atoms with van der Waals surface area (Å²) in [5, 5.41) is 15.1. The SMILES string of the molecule is Cc1cc(CNc2nc(C(=O)O)co2)on1. The van der Waals surface area contributed by atoms with E-state index in [1.54, 1.807) is 13.0 Å². The predicted octanol–water partition coefficient (Wildman–Crippen LogP) is 1.28. The smallest absolute Gasteiger partial charge is 0.357 e. The number of carbonyl (C=O) groups is 1. The Kier molecular flexibility index (Phi) is 2.59. The Morgan fingerprint density at radius 3 is 3.00 bits per heavy atom. The van der Waals surface area contributed by atoms with Crippen molar-refractivity contribution in [1.82, 2.24) is 10.1 Å². The number of nitrogens with zero attached hydrogens (tertiary/aromatic N) is 2. The summed E-state index contributed by atoms with van der Waals surface area (Å²) in [4.78, 5) is 14.2. The van der Waals surface area contributed by atoms with Crippen LogP contribution in [0.25, 0.3) is 0 Å². The van der Waals surface area contributed by atoms with Gasteiger partial charge in [-0.1, -0.05) is 5.16 Å². The molecule has 2 aromatic rings. The van der Waals surface area contributed by atoms with Crippen LogP contribution in [0.3, 0.4) is 0 Å². The van der Waals surface area contributed by atoms with Gasteiger partial charge in [-0.15, -0.1) is 0 Å². The Morgan fingerprint density at radius 2 is 2.44 bits per heavy atom. The molecule has 2 heterocycles. The van der Waals surface area contributed by atoms with E-state index in [1.807, 2.05) is 0 Å². The molecule has 0 unspecified atom stereocenters. The summed E-state index contributed by atoms with van der Waals surface area (Å²) in [6.45, 7) is 2.14. The van der Waals surface area contributed by atoms with Gasteiger partial charge in [-0.3, -0.25) is 0 Å². The lowest BCUT2D eigenvalue weighted by Crippen LogP contribution is -2.00. The first-order chi connectivity index (χ1) is 7.65. The highest BCUT2D eigenvalue weighted by atomic mass is 16.5. The van der Waals surface area contributed by atoms with E-state index in [0.29, 0.717) is 12.3 Å². The average Bonchev–Trinajstić information content (AvgIpc) is 2.83. The molecule has 0 saturated heterocycles. The third kappa shape index (κ3) is 2.19. The normalized spacial score (nSPS) is 10.3. The van der Waals surface area contributed by atoms with Crippen molar-refractivity contribution in [1.29, 1.82) is 0 Å². The molecule has 0 aliphatic rings. The molecule has 2 N–H and O–H groups in total. The molecule has 0 fully saturated rings. The van der Waals surface area contributed by atoms with Crippen LogP contribution in [0.4, 0.5) is 6.01 Å². The van der Waals surface area contributed by atoms with Crippen LogP contribution in [-0.2, 0) is 6.54 Å². The van der Waals surface area contributed by atoms with Crippen molar-refractivity contribution in [2.75, 3.05) is 5.32 Å². The van der Waals surface area contributed by atoms with Crippen LogP contribution in [0.2, 0.25) is 0 Å². The second-order valence-electron chi connectivity index (χ2n) is 3.13. The van der Waals surface area contributed by atoms with E-state index in [9.17, 15) is 4.79 Å². The Balaban J connectivity index is 1.97. The maximum Gasteiger partial charge on any atom is 0.357 e. The first-order valence-corrected chi connectivity index (χ1v) is 4.50. The molecular formula is C9H9N3O4. The van der Waals surface area contributed by atoms with Crippen LogP contribution in [0.1, 0.15) is 21.9 Å². The van der Waals surface area contributed by atoms with Gasteiger partial charge in [-0.25, -0.2) is 4.79 Å². The number of aryl methyl sites for hydroxylation is 1. The minimum Gasteiger partial charge on any atom is -0.476 e. The summed E-state index contributed by atoms with van der Waals surface area (Å²) in [6, 6.07) is 1.89. The predicted molar refractivity (Wildman–Crippen MR) is 52.0 cm³/mol. The van der Waals surface area contributed by atoms with Gasteiger partial charge in [0.05, 0.1) is 12.2 Å². The van der Waals surface area contributed by atoms with Gasteiger partial charge in [-0.05, 0) is 6.92 Å². The number of aromatic nitrogens is 2. The molecule has 0 radical (unpaired) electrons. The van der Waals surface area contributed by atoms with Gasteiger partial charge < -0.3 is 19.4 Å². The number of carboxylic acids is 1. The third-order valence-corrected chi connectivity index (χ3v) is 1.81. The minimum absolute atomic E-state index is 0.131. The monoisotopic (exact) mass is 223 g/mol. The average molecular weight is 223 g/mol. The molecule has 0 bridgehead atoms. The van der Waals surface area contributed by atoms with E-state index in [1.165, 1.54) is 0 Å². The van der Waals surface area contributed by atoms with E-state index in [0.717, 1.165) is 12.0 Å². The molecule has 0 aliphatic carbocycles. The molecule has 2 rings (SSSR count). The van der Waals surface area contributed by atoms with Crippen LogP contribution in [0.5, 0.6) is 0 Å². The van der Waals surface area contributed by atoms with Gasteiger partial charge in [0.1, 0.15) is 6.26 Å². The lowest BCUT2D eigenvalue weighted by atomic mass is 10.4. The highest BCUT2D eigenvalue weighted by Crippen LogP contribution is 2.10. The standard InChI is InChI=1S/C9H9N3O4/c1-5-2-6(16-12-5)3-10-9-11-7(4-15-9)8(13)14/h2,4H,3H2,1H3,(H,10,11)(H,13,14). The van der Waals surface area contributed by atoms with Crippen molar-refractivity contribution in [3.05, 3.63) is 29.5 Å². The minimum atomic E-state index is -1.13. The number of anilines is 1. The van der Waals surface area contributed by atoms with Crippen molar-refractivity contribution >= 4 is 12.0 Å². The molecule has 7 nitrogen and oxygen atoms in total. The van der Waals surface area contributed by atoms with Gasteiger partial charge in [0, 0.05) is 6.07 Å². The summed E-state index contributed by atoms with van der Waals surface area (Å²) in [7, 11) is 0. The fourth-order valence-corrected chi connectivity index (χ4v) is 1.12. The van der Waals surface area contributed by atoms with E-state index >= 15 is 0 Å². The molecular weight excluding hydrogens is 214 g/mol. The summed E-state index contributed by atoms with van der Waals surface area (Å²) in [5.74, 6) is -0.514. The zero-order chi connectivity index (χ0) is 11.5. The van der Waals surface area contributed by atoms with Crippen molar-refractivity contribution in [3.63, 3.8) is 0 Å². The molecule has 16 heavy (non-hydrogen) atoms. The molecule has 0 aromatic carbocycles. The van der Waals surface area contributed by atoms with Crippen molar-refractivity contribution in [3.8, 4) is 0 Å². The summed E-state index contributed by atoms with van der Waals surface area (Å²) in [6.07, 6.45) is 1.07. The Hall–Kier alpha value is -2.31. The third-order valence-electron chi connectivity index (χ3n) is 1.81. The highest BCUT2D eigenvalue weighted by molar-refractivity contribution is 5.85. The van der Waals surface area contributed by atoms with Gasteiger partial charge >= 0.3 is 5.97 Å². The van der Waals surface area contributed by atoms with Crippen molar-refractivity contribution in [2.45, 2.75) is 13.5 Å². The first kappa shape index (κ1) is 10.2. The number of nitrogens with one attached hydrogen (secondary N) is 1. The maximum absolute atomic E-state index is 10.5. The summed E-state index contributed by atoms with van der Waals surface area (Å²) in [5.41, 5.74) is 0.631. The molecule has 0 saturated carbocycles. The molecule has 0 spiro atoms. The van der Waals surface area contributed by atoms with Crippen molar-refractivity contribution < 1.29 is 18.8 Å². The number of aromatic carboxylic acids is 1. The van der Waals surface area contributed by atoms with Crippen molar-refractivity contribution in [2.24, 2.45) is 0 Å². The molecule has 7 heteroatoms. The first-order valence-electron chi connectivity index (χ1n) is 4.50. The van der Waals surface area contributed by atoms with Crippen LogP contribution in [0, 0.1) is 6.92 Å². The van der Waals surface area contributed by atoms with E-state index < -0.39 is 5.97 Å². The van der Waals surface area contributed by atoms with Gasteiger partial charge in [-0.2, -0.15) is 4.98 Å². The van der Waals surface area contributed by atoms with Crippen LogP contribution in [-0.4, -0.2) is 21.2 Å². The molecule has 0 amide bonds. The topological polar surface area (TPSA) is 101 Å². The molecule has 84 valence electrons. The fraction of sp³-hybridized carbons (Fsp3) is 0.222. The number of oxazole rings is 1. The zero-order valence-corrected chi connectivity index (χ0v) is 8.43.